The van der Waals surface area contributed by atoms with Crippen molar-refractivity contribution in [1.82, 2.24) is 0 Å². The summed E-state index contributed by atoms with van der Waals surface area (Å²) in [6.07, 6.45) is 0. The summed E-state index contributed by atoms with van der Waals surface area (Å²) in [6.45, 7) is 7.73. The summed E-state index contributed by atoms with van der Waals surface area (Å²) >= 11 is 3.11. The van der Waals surface area contributed by atoms with E-state index in [-0.39, 0.29) is 12.4 Å². The summed E-state index contributed by atoms with van der Waals surface area (Å²) in [7, 11) is 0. The van der Waals surface area contributed by atoms with E-state index in [2.05, 4.69) is 27.8 Å². The zero-order chi connectivity index (χ0) is 13.7. The first kappa shape index (κ1) is 14.7. The van der Waals surface area contributed by atoms with E-state index in [4.69, 9.17) is 4.74 Å². The fourth-order valence-electron chi connectivity index (χ4n) is 1.34. The molecule has 5 heteroatoms. The predicted octanol–water partition coefficient (Wildman–Crippen LogP) is 3.43. The molecule has 3 nitrogen and oxygen atoms in total. The molecule has 0 aliphatic heterocycles. The highest BCUT2D eigenvalue weighted by Gasteiger charge is 2.09. The molecule has 1 rings (SSSR count). The Morgan fingerprint density at radius 1 is 1.56 bits per heavy atom. The van der Waals surface area contributed by atoms with E-state index in [9.17, 15) is 9.18 Å². The molecule has 0 bridgehead atoms. The Balaban J connectivity index is 2.67. The Kier molecular flexibility index (Phi) is 5.34. The lowest BCUT2D eigenvalue weighted by Crippen LogP contribution is -2.15. The number of aryl methyl sites for hydroxylation is 1. The molecule has 98 valence electrons. The quantitative estimate of drug-likeness (QED) is 0.668. The highest BCUT2D eigenvalue weighted by molar-refractivity contribution is 9.10. The number of nitrogens with one attached hydrogen (secondary N) is 1. The van der Waals surface area contributed by atoms with Crippen molar-refractivity contribution in [3.8, 4) is 0 Å². The van der Waals surface area contributed by atoms with Crippen LogP contribution < -0.4 is 5.32 Å². The minimum atomic E-state index is -0.427. The molecule has 0 spiro atoms. The lowest BCUT2D eigenvalue weighted by atomic mass is 10.2. The van der Waals surface area contributed by atoms with Crippen molar-refractivity contribution in [2.24, 2.45) is 0 Å². The van der Waals surface area contributed by atoms with E-state index in [0.29, 0.717) is 16.7 Å². The van der Waals surface area contributed by atoms with Gasteiger partial charge in [-0.2, -0.15) is 0 Å². The molecule has 0 radical (unpaired) electrons. The molecular formula is C13H15BrFNO2. The van der Waals surface area contributed by atoms with Crippen LogP contribution in [0.5, 0.6) is 0 Å². The van der Waals surface area contributed by atoms with Crippen molar-refractivity contribution in [3.63, 3.8) is 0 Å². The fraction of sp³-hybridized carbons (Fsp3) is 0.308. The van der Waals surface area contributed by atoms with Crippen LogP contribution in [0.3, 0.4) is 0 Å². The molecule has 1 aromatic rings. The maximum Gasteiger partial charge on any atom is 0.335 e. The van der Waals surface area contributed by atoms with Crippen molar-refractivity contribution in [2.45, 2.75) is 13.8 Å². The molecule has 0 aliphatic rings. The Morgan fingerprint density at radius 2 is 2.22 bits per heavy atom. The Hall–Kier alpha value is -1.36. The van der Waals surface area contributed by atoms with Gasteiger partial charge in [0.05, 0.1) is 11.1 Å². The molecule has 18 heavy (non-hydrogen) atoms. The number of hydrogen-bond acceptors (Lipinski definition) is 3. The lowest BCUT2D eigenvalue weighted by Gasteiger charge is -2.11. The number of anilines is 1. The summed E-state index contributed by atoms with van der Waals surface area (Å²) in [6, 6.07) is 3.04. The van der Waals surface area contributed by atoms with Gasteiger partial charge in [0, 0.05) is 17.8 Å². The first-order chi connectivity index (χ1) is 8.45. The second kappa shape index (κ2) is 6.54. The number of ether oxygens (including phenoxy) is 1. The van der Waals surface area contributed by atoms with E-state index >= 15 is 0 Å². The van der Waals surface area contributed by atoms with Gasteiger partial charge in [-0.25, -0.2) is 9.18 Å². The summed E-state index contributed by atoms with van der Waals surface area (Å²) in [5.41, 5.74) is 1.83. The molecule has 0 aliphatic carbocycles. The van der Waals surface area contributed by atoms with Crippen molar-refractivity contribution < 1.29 is 13.9 Å². The normalized spacial score (nSPS) is 10.0. The molecule has 0 saturated heterocycles. The summed E-state index contributed by atoms with van der Waals surface area (Å²) in [5, 5.41) is 3.02. The molecule has 0 unspecified atom stereocenters. The van der Waals surface area contributed by atoms with Gasteiger partial charge in [-0.3, -0.25) is 0 Å². The molecule has 0 aromatic heterocycles. The van der Waals surface area contributed by atoms with Gasteiger partial charge in [-0.1, -0.05) is 6.58 Å². The predicted molar refractivity (Wildman–Crippen MR) is 73.1 cm³/mol. The Labute approximate surface area is 114 Å². The highest BCUT2D eigenvalue weighted by atomic mass is 79.9. The van der Waals surface area contributed by atoms with Crippen LogP contribution in [-0.2, 0) is 9.53 Å². The van der Waals surface area contributed by atoms with Crippen molar-refractivity contribution >= 4 is 27.6 Å². The van der Waals surface area contributed by atoms with Crippen LogP contribution in [0.2, 0.25) is 0 Å². The van der Waals surface area contributed by atoms with E-state index in [1.807, 2.05) is 0 Å². The number of carbonyl (C=O) groups excluding carboxylic acids is 1. The van der Waals surface area contributed by atoms with Crippen LogP contribution in [0.1, 0.15) is 12.5 Å². The van der Waals surface area contributed by atoms with E-state index in [1.165, 1.54) is 6.07 Å². The van der Waals surface area contributed by atoms with Crippen molar-refractivity contribution in [1.29, 1.82) is 0 Å². The number of esters is 1. The average Bonchev–Trinajstić information content (AvgIpc) is 2.32. The third-order valence-corrected chi connectivity index (χ3v) is 2.93. The van der Waals surface area contributed by atoms with Crippen molar-refractivity contribution in [3.05, 3.63) is 40.1 Å². The highest BCUT2D eigenvalue weighted by Crippen LogP contribution is 2.24. The molecule has 0 amide bonds. The largest absolute Gasteiger partial charge is 0.463 e. The summed E-state index contributed by atoms with van der Waals surface area (Å²) in [4.78, 5) is 11.3. The van der Waals surface area contributed by atoms with Crippen LogP contribution >= 0.6 is 15.9 Å². The smallest absolute Gasteiger partial charge is 0.335 e. The van der Waals surface area contributed by atoms with Gasteiger partial charge in [0.25, 0.3) is 0 Å². The first-order valence-corrected chi connectivity index (χ1v) is 6.29. The second-order valence-electron chi connectivity index (χ2n) is 3.76. The molecule has 0 saturated carbocycles. The SMILES string of the molecule is C=C(CNc1cc(Br)c(F)cc1C)C(=O)OCC. The van der Waals surface area contributed by atoms with Gasteiger partial charge < -0.3 is 10.1 Å². The molecule has 0 fully saturated rings. The van der Waals surface area contributed by atoms with E-state index in [1.54, 1.807) is 19.9 Å². The third-order valence-electron chi connectivity index (χ3n) is 2.32. The van der Waals surface area contributed by atoms with Crippen molar-refractivity contribution in [2.75, 3.05) is 18.5 Å². The summed E-state index contributed by atoms with van der Waals surface area (Å²) in [5.74, 6) is -0.744. The molecular weight excluding hydrogens is 301 g/mol. The number of rotatable bonds is 5. The minimum Gasteiger partial charge on any atom is -0.463 e. The van der Waals surface area contributed by atoms with E-state index in [0.717, 1.165) is 11.3 Å². The maximum atomic E-state index is 13.2. The van der Waals surface area contributed by atoms with Gasteiger partial charge in [0.15, 0.2) is 0 Å². The number of carbonyl (C=O) groups is 1. The van der Waals surface area contributed by atoms with Crippen LogP contribution in [-0.4, -0.2) is 19.1 Å². The Morgan fingerprint density at radius 3 is 2.83 bits per heavy atom. The molecule has 1 N–H and O–H groups in total. The van der Waals surface area contributed by atoms with Gasteiger partial charge in [0.1, 0.15) is 5.82 Å². The maximum absolute atomic E-state index is 13.2. The topological polar surface area (TPSA) is 38.3 Å². The first-order valence-electron chi connectivity index (χ1n) is 5.50. The van der Waals surface area contributed by atoms with Crippen LogP contribution in [0.15, 0.2) is 28.8 Å². The number of benzene rings is 1. The monoisotopic (exact) mass is 315 g/mol. The van der Waals surface area contributed by atoms with Gasteiger partial charge in [0.2, 0.25) is 0 Å². The minimum absolute atomic E-state index is 0.262. The number of halogens is 2. The molecule has 1 aromatic carbocycles. The zero-order valence-corrected chi connectivity index (χ0v) is 11.9. The van der Waals surface area contributed by atoms with Crippen LogP contribution in [0.25, 0.3) is 0 Å². The number of hydrogen-bond donors (Lipinski definition) is 1. The van der Waals surface area contributed by atoms with Crippen LogP contribution in [0.4, 0.5) is 10.1 Å². The average molecular weight is 316 g/mol. The van der Waals surface area contributed by atoms with Gasteiger partial charge in [-0.15, -0.1) is 0 Å². The standard InChI is InChI=1S/C13H15BrFNO2/c1-4-18-13(17)9(3)7-16-12-6-10(14)11(15)5-8(12)2/h5-6,16H,3-4,7H2,1-2H3. The third kappa shape index (κ3) is 3.84. The zero-order valence-electron chi connectivity index (χ0n) is 10.3. The molecule has 0 heterocycles. The van der Waals surface area contributed by atoms with Gasteiger partial charge >= 0.3 is 5.97 Å². The Bertz CT molecular complexity index is 474. The lowest BCUT2D eigenvalue weighted by molar-refractivity contribution is -0.138. The van der Waals surface area contributed by atoms with Crippen LogP contribution in [0, 0.1) is 12.7 Å². The molecule has 0 atom stereocenters. The van der Waals surface area contributed by atoms with Gasteiger partial charge in [-0.05, 0) is 47.5 Å². The summed E-state index contributed by atoms with van der Waals surface area (Å²) < 4.78 is 18.4. The second-order valence-corrected chi connectivity index (χ2v) is 4.61. The van der Waals surface area contributed by atoms with E-state index < -0.39 is 5.97 Å². The fourth-order valence-corrected chi connectivity index (χ4v) is 1.69.